The summed E-state index contributed by atoms with van der Waals surface area (Å²) in [5.74, 6) is 1.73. The van der Waals surface area contributed by atoms with Crippen LogP contribution in [0.25, 0.3) is 0 Å². The summed E-state index contributed by atoms with van der Waals surface area (Å²) in [4.78, 5) is 0. The molecule has 1 aromatic carbocycles. The van der Waals surface area contributed by atoms with Gasteiger partial charge in [0, 0.05) is 31.2 Å². The largest absolute Gasteiger partial charge is 0.493 e. The van der Waals surface area contributed by atoms with Crippen molar-refractivity contribution >= 4 is 0 Å². The number of ether oxygens (including phenoxy) is 2. The third-order valence-electron chi connectivity index (χ3n) is 3.64. The van der Waals surface area contributed by atoms with Crippen LogP contribution in [0, 0.1) is 5.92 Å². The lowest BCUT2D eigenvalue weighted by atomic mass is 9.99. The van der Waals surface area contributed by atoms with Gasteiger partial charge in [-0.2, -0.15) is 0 Å². The van der Waals surface area contributed by atoms with E-state index in [0.29, 0.717) is 12.0 Å². The van der Waals surface area contributed by atoms with Crippen molar-refractivity contribution in [1.29, 1.82) is 0 Å². The highest BCUT2D eigenvalue weighted by molar-refractivity contribution is 5.37. The SMILES string of the molecule is c1ccc2c(c1)OCC[C@@H]2NC[C@H]1CCOC1. The molecule has 0 aliphatic carbocycles. The third-order valence-corrected chi connectivity index (χ3v) is 3.64. The minimum absolute atomic E-state index is 0.445. The highest BCUT2D eigenvalue weighted by atomic mass is 16.5. The fourth-order valence-electron chi connectivity index (χ4n) is 2.61. The monoisotopic (exact) mass is 233 g/mol. The van der Waals surface area contributed by atoms with Crippen LogP contribution in [0.1, 0.15) is 24.4 Å². The molecule has 3 heteroatoms. The van der Waals surface area contributed by atoms with Gasteiger partial charge in [0.05, 0.1) is 13.2 Å². The van der Waals surface area contributed by atoms with Crippen molar-refractivity contribution in [2.75, 3.05) is 26.4 Å². The molecule has 0 bridgehead atoms. The van der Waals surface area contributed by atoms with E-state index in [4.69, 9.17) is 9.47 Å². The summed E-state index contributed by atoms with van der Waals surface area (Å²) in [6, 6.07) is 8.78. The van der Waals surface area contributed by atoms with Gasteiger partial charge in [0.2, 0.25) is 0 Å². The highest BCUT2D eigenvalue weighted by Gasteiger charge is 2.22. The topological polar surface area (TPSA) is 30.5 Å². The van der Waals surface area contributed by atoms with Crippen LogP contribution in [-0.2, 0) is 4.74 Å². The van der Waals surface area contributed by atoms with E-state index in [1.807, 2.05) is 6.07 Å². The van der Waals surface area contributed by atoms with Gasteiger partial charge in [-0.3, -0.25) is 0 Å². The summed E-state index contributed by atoms with van der Waals surface area (Å²) >= 11 is 0. The Morgan fingerprint density at radius 2 is 2.12 bits per heavy atom. The molecule has 2 aliphatic heterocycles. The van der Waals surface area contributed by atoms with E-state index in [1.165, 1.54) is 12.0 Å². The fourth-order valence-corrected chi connectivity index (χ4v) is 2.61. The molecule has 3 rings (SSSR count). The maximum atomic E-state index is 5.66. The van der Waals surface area contributed by atoms with Gasteiger partial charge in [-0.15, -0.1) is 0 Å². The van der Waals surface area contributed by atoms with Gasteiger partial charge < -0.3 is 14.8 Å². The van der Waals surface area contributed by atoms with Gasteiger partial charge in [-0.25, -0.2) is 0 Å². The first-order valence-electron chi connectivity index (χ1n) is 6.46. The molecule has 92 valence electrons. The molecule has 3 nitrogen and oxygen atoms in total. The van der Waals surface area contributed by atoms with E-state index in [0.717, 1.165) is 38.5 Å². The van der Waals surface area contributed by atoms with Crippen molar-refractivity contribution in [3.63, 3.8) is 0 Å². The molecule has 1 aromatic rings. The van der Waals surface area contributed by atoms with Gasteiger partial charge in [0.25, 0.3) is 0 Å². The number of nitrogens with one attached hydrogen (secondary N) is 1. The summed E-state index contributed by atoms with van der Waals surface area (Å²) in [6.45, 7) is 3.71. The van der Waals surface area contributed by atoms with E-state index in [-0.39, 0.29) is 0 Å². The highest BCUT2D eigenvalue weighted by Crippen LogP contribution is 2.31. The number of para-hydroxylation sites is 1. The van der Waals surface area contributed by atoms with Gasteiger partial charge in [-0.1, -0.05) is 18.2 Å². The Labute approximate surface area is 102 Å². The lowest BCUT2D eigenvalue weighted by Crippen LogP contribution is -2.31. The van der Waals surface area contributed by atoms with Gasteiger partial charge in [-0.05, 0) is 18.4 Å². The first kappa shape index (κ1) is 11.1. The lowest BCUT2D eigenvalue weighted by molar-refractivity contribution is 0.183. The van der Waals surface area contributed by atoms with Crippen molar-refractivity contribution in [1.82, 2.24) is 5.32 Å². The Morgan fingerprint density at radius 3 is 3.00 bits per heavy atom. The minimum Gasteiger partial charge on any atom is -0.493 e. The molecule has 2 aliphatic rings. The van der Waals surface area contributed by atoms with E-state index in [1.54, 1.807) is 0 Å². The van der Waals surface area contributed by atoms with Crippen molar-refractivity contribution in [3.05, 3.63) is 29.8 Å². The van der Waals surface area contributed by atoms with Crippen LogP contribution in [0.3, 0.4) is 0 Å². The molecule has 0 radical (unpaired) electrons. The smallest absolute Gasteiger partial charge is 0.124 e. The van der Waals surface area contributed by atoms with Crippen LogP contribution in [0.15, 0.2) is 24.3 Å². The second-order valence-electron chi connectivity index (χ2n) is 4.87. The minimum atomic E-state index is 0.445. The first-order chi connectivity index (χ1) is 8.43. The Bertz CT molecular complexity index is 374. The van der Waals surface area contributed by atoms with Gasteiger partial charge >= 0.3 is 0 Å². The third kappa shape index (κ3) is 2.45. The Balaban J connectivity index is 1.64. The average Bonchev–Trinajstić information content (AvgIpc) is 2.89. The van der Waals surface area contributed by atoms with Crippen molar-refractivity contribution in [3.8, 4) is 5.75 Å². The molecule has 1 N–H and O–H groups in total. The molecule has 0 aromatic heterocycles. The summed E-state index contributed by atoms with van der Waals surface area (Å²) in [6.07, 6.45) is 2.25. The average molecular weight is 233 g/mol. The van der Waals surface area contributed by atoms with E-state index in [2.05, 4.69) is 23.5 Å². The second-order valence-corrected chi connectivity index (χ2v) is 4.87. The van der Waals surface area contributed by atoms with Crippen molar-refractivity contribution < 1.29 is 9.47 Å². The number of fused-ring (bicyclic) bond motifs is 1. The standard InChI is InChI=1S/C14H19NO2/c1-2-4-14-12(3-1)13(6-8-17-14)15-9-11-5-7-16-10-11/h1-4,11,13,15H,5-10H2/t11-,13+/m1/s1. The fraction of sp³-hybridized carbons (Fsp3) is 0.571. The quantitative estimate of drug-likeness (QED) is 0.867. The lowest BCUT2D eigenvalue weighted by Gasteiger charge is -2.27. The van der Waals surface area contributed by atoms with E-state index >= 15 is 0 Å². The molecule has 0 saturated carbocycles. The predicted molar refractivity (Wildman–Crippen MR) is 66.2 cm³/mol. The molecule has 0 unspecified atom stereocenters. The zero-order valence-corrected chi connectivity index (χ0v) is 10.0. The maximum Gasteiger partial charge on any atom is 0.124 e. The van der Waals surface area contributed by atoms with Crippen molar-refractivity contribution in [2.24, 2.45) is 5.92 Å². The molecule has 2 heterocycles. The molecule has 2 atom stereocenters. The van der Waals surface area contributed by atoms with E-state index < -0.39 is 0 Å². The van der Waals surface area contributed by atoms with E-state index in [9.17, 15) is 0 Å². The predicted octanol–water partition coefficient (Wildman–Crippen LogP) is 2.14. The number of benzene rings is 1. The van der Waals surface area contributed by atoms with Crippen LogP contribution in [0.2, 0.25) is 0 Å². The van der Waals surface area contributed by atoms with Gasteiger partial charge in [0.15, 0.2) is 0 Å². The zero-order valence-electron chi connectivity index (χ0n) is 10.0. The molecule has 0 amide bonds. The second kappa shape index (κ2) is 5.07. The molecule has 0 spiro atoms. The molecule has 17 heavy (non-hydrogen) atoms. The van der Waals surface area contributed by atoms with Crippen LogP contribution >= 0.6 is 0 Å². The summed E-state index contributed by atoms with van der Waals surface area (Å²) in [5, 5.41) is 3.66. The summed E-state index contributed by atoms with van der Waals surface area (Å²) in [7, 11) is 0. The molecule has 1 fully saturated rings. The van der Waals surface area contributed by atoms with Crippen molar-refractivity contribution in [2.45, 2.75) is 18.9 Å². The van der Waals surface area contributed by atoms with Crippen LogP contribution in [0.5, 0.6) is 5.75 Å². The zero-order chi connectivity index (χ0) is 11.5. The Kier molecular flexibility index (Phi) is 3.29. The molecule has 1 saturated heterocycles. The van der Waals surface area contributed by atoms with Gasteiger partial charge in [0.1, 0.15) is 5.75 Å². The maximum absolute atomic E-state index is 5.66. The number of hydrogen-bond donors (Lipinski definition) is 1. The number of hydrogen-bond acceptors (Lipinski definition) is 3. The summed E-state index contributed by atoms with van der Waals surface area (Å²) in [5.41, 5.74) is 1.30. The Morgan fingerprint density at radius 1 is 1.18 bits per heavy atom. The molecular weight excluding hydrogens is 214 g/mol. The van der Waals surface area contributed by atoms with Crippen LogP contribution < -0.4 is 10.1 Å². The number of rotatable bonds is 3. The summed E-state index contributed by atoms with van der Waals surface area (Å²) < 4.78 is 11.1. The Hall–Kier alpha value is -1.06. The first-order valence-corrected chi connectivity index (χ1v) is 6.46. The van der Waals surface area contributed by atoms with Crippen LogP contribution in [0.4, 0.5) is 0 Å². The molecular formula is C14H19NO2. The normalized spacial score (nSPS) is 27.5. The van der Waals surface area contributed by atoms with Crippen LogP contribution in [-0.4, -0.2) is 26.4 Å².